The van der Waals surface area contributed by atoms with Crippen LogP contribution in [-0.4, -0.2) is 38.5 Å². The van der Waals surface area contributed by atoms with E-state index in [9.17, 15) is 19.2 Å². The molecular formula is C29H24N6O5. The van der Waals surface area contributed by atoms with Gasteiger partial charge >= 0.3 is 0 Å². The molecule has 5 rings (SSSR count). The number of nitrogens with zero attached hydrogens (tertiary/aromatic N) is 2. The van der Waals surface area contributed by atoms with Gasteiger partial charge in [0.15, 0.2) is 5.78 Å². The van der Waals surface area contributed by atoms with Gasteiger partial charge < -0.3 is 16.0 Å². The number of hydrogen-bond donors (Lipinski definition) is 5. The first-order valence-electron chi connectivity index (χ1n) is 12.2. The molecule has 0 saturated carbocycles. The first-order valence-corrected chi connectivity index (χ1v) is 12.2. The van der Waals surface area contributed by atoms with Crippen LogP contribution >= 0.6 is 0 Å². The van der Waals surface area contributed by atoms with Crippen molar-refractivity contribution >= 4 is 46.1 Å². The predicted molar refractivity (Wildman–Crippen MR) is 148 cm³/mol. The summed E-state index contributed by atoms with van der Waals surface area (Å²) in [6, 6.07) is 19.6. The lowest BCUT2D eigenvalue weighted by molar-refractivity contribution is -0.110. The Kier molecular flexibility index (Phi) is 6.96. The summed E-state index contributed by atoms with van der Waals surface area (Å²) in [5.74, 6) is -1.58. The highest BCUT2D eigenvalue weighted by Crippen LogP contribution is 2.33. The van der Waals surface area contributed by atoms with Crippen LogP contribution in [-0.2, 0) is 11.8 Å². The number of fused-ring (bicyclic) bond motifs is 1. The zero-order valence-electron chi connectivity index (χ0n) is 21.5. The van der Waals surface area contributed by atoms with E-state index in [-0.39, 0.29) is 23.2 Å². The third-order valence-corrected chi connectivity index (χ3v) is 6.31. The van der Waals surface area contributed by atoms with Gasteiger partial charge in [-0.2, -0.15) is 5.10 Å². The lowest BCUT2D eigenvalue weighted by Gasteiger charge is -2.08. The number of benzene rings is 3. The van der Waals surface area contributed by atoms with Gasteiger partial charge in [-0.1, -0.05) is 24.3 Å². The van der Waals surface area contributed by atoms with E-state index in [2.05, 4.69) is 21.0 Å². The number of aryl methyl sites for hydroxylation is 2. The van der Waals surface area contributed by atoms with Crippen molar-refractivity contribution in [3.05, 3.63) is 113 Å². The van der Waals surface area contributed by atoms with Gasteiger partial charge in [0.2, 0.25) is 0 Å². The molecule has 0 saturated heterocycles. The number of nitrogens with one attached hydrogen (secondary N) is 4. The molecule has 11 nitrogen and oxygen atoms in total. The monoisotopic (exact) mass is 536 g/mol. The fourth-order valence-corrected chi connectivity index (χ4v) is 4.34. The summed E-state index contributed by atoms with van der Waals surface area (Å²) in [7, 11) is 1.68. The normalized spacial score (nSPS) is 13.0. The molecule has 0 unspecified atom stereocenters. The molecule has 1 aromatic heterocycles. The maximum Gasteiger partial charge on any atom is 0.274 e. The number of aromatic nitrogens is 2. The molecule has 4 aromatic rings. The maximum atomic E-state index is 13.3. The highest BCUT2D eigenvalue weighted by atomic mass is 16.5. The summed E-state index contributed by atoms with van der Waals surface area (Å²) in [6.45, 7) is 1.80. The molecule has 0 radical (unpaired) electrons. The van der Waals surface area contributed by atoms with Crippen molar-refractivity contribution in [1.29, 1.82) is 0 Å². The van der Waals surface area contributed by atoms with Crippen LogP contribution in [0.3, 0.4) is 0 Å². The fraction of sp³-hybridized carbons (Fsp3) is 0.0690. The average Bonchev–Trinajstić information content (AvgIpc) is 3.47. The number of amides is 3. The number of carbonyl (C=O) groups is 4. The van der Waals surface area contributed by atoms with Crippen molar-refractivity contribution < 1.29 is 24.4 Å². The van der Waals surface area contributed by atoms with Crippen molar-refractivity contribution in [2.45, 2.75) is 6.92 Å². The maximum absolute atomic E-state index is 13.3. The summed E-state index contributed by atoms with van der Waals surface area (Å²) in [6.07, 6.45) is 1.54. The molecule has 11 heteroatoms. The number of ketones is 1. The molecule has 40 heavy (non-hydrogen) atoms. The second-order valence-corrected chi connectivity index (χ2v) is 9.09. The van der Waals surface area contributed by atoms with E-state index in [0.717, 1.165) is 5.69 Å². The Labute approximate surface area is 228 Å². The van der Waals surface area contributed by atoms with E-state index in [1.807, 2.05) is 0 Å². The van der Waals surface area contributed by atoms with Crippen LogP contribution in [0.5, 0.6) is 0 Å². The molecule has 0 atom stereocenters. The minimum absolute atomic E-state index is 0.271. The Bertz CT molecular complexity index is 1700. The summed E-state index contributed by atoms with van der Waals surface area (Å²) in [5, 5.41) is 21.5. The highest BCUT2D eigenvalue weighted by molar-refractivity contribution is 6.32. The summed E-state index contributed by atoms with van der Waals surface area (Å²) < 4.78 is 1.49. The van der Waals surface area contributed by atoms with Crippen LogP contribution in [0.4, 0.5) is 17.1 Å². The van der Waals surface area contributed by atoms with Gasteiger partial charge in [0.1, 0.15) is 5.69 Å². The van der Waals surface area contributed by atoms with Crippen LogP contribution in [0, 0.1) is 6.92 Å². The first kappa shape index (κ1) is 26.1. The van der Waals surface area contributed by atoms with Crippen LogP contribution in [0.1, 0.15) is 48.0 Å². The number of carbonyl (C=O) groups excluding carboxylic acids is 4. The molecule has 0 bridgehead atoms. The molecule has 200 valence electrons. The second kappa shape index (κ2) is 10.7. The number of anilines is 3. The average molecular weight is 537 g/mol. The van der Waals surface area contributed by atoms with Gasteiger partial charge in [-0.25, -0.2) is 5.48 Å². The molecule has 0 fully saturated rings. The summed E-state index contributed by atoms with van der Waals surface area (Å²) in [4.78, 5) is 50.0. The zero-order chi connectivity index (χ0) is 28.4. The van der Waals surface area contributed by atoms with E-state index < -0.39 is 5.91 Å². The second-order valence-electron chi connectivity index (χ2n) is 9.09. The Balaban J connectivity index is 1.32. The van der Waals surface area contributed by atoms with E-state index in [0.29, 0.717) is 45.0 Å². The Hall–Kier alpha value is -5.55. The van der Waals surface area contributed by atoms with E-state index >= 15 is 0 Å². The predicted octanol–water partition coefficient (Wildman–Crippen LogP) is 3.74. The van der Waals surface area contributed by atoms with Crippen molar-refractivity contribution in [2.75, 3.05) is 16.0 Å². The van der Waals surface area contributed by atoms with E-state index in [1.54, 1.807) is 86.3 Å². The minimum atomic E-state index is -0.629. The fourth-order valence-electron chi connectivity index (χ4n) is 4.34. The van der Waals surface area contributed by atoms with Gasteiger partial charge in [0.25, 0.3) is 17.7 Å². The van der Waals surface area contributed by atoms with Crippen LogP contribution in [0.2, 0.25) is 0 Å². The zero-order valence-corrected chi connectivity index (χ0v) is 21.5. The first-order chi connectivity index (χ1) is 19.2. The van der Waals surface area contributed by atoms with Gasteiger partial charge in [-0.3, -0.25) is 29.1 Å². The molecule has 0 aliphatic carbocycles. The minimum Gasteiger partial charge on any atom is -0.361 e. The smallest absolute Gasteiger partial charge is 0.274 e. The van der Waals surface area contributed by atoms with E-state index in [1.165, 1.54) is 16.8 Å². The van der Waals surface area contributed by atoms with Gasteiger partial charge in [0, 0.05) is 52.6 Å². The Morgan fingerprint density at radius 2 is 1.62 bits per heavy atom. The third kappa shape index (κ3) is 5.22. The van der Waals surface area contributed by atoms with Crippen molar-refractivity contribution in [1.82, 2.24) is 15.3 Å². The number of hydrogen-bond acceptors (Lipinski definition) is 7. The van der Waals surface area contributed by atoms with Gasteiger partial charge in [-0.05, 0) is 55.5 Å². The number of rotatable bonds is 7. The molecule has 3 amide bonds. The standard InChI is InChI=1S/C29H24N6O5/c1-16-12-25(35(2)33-16)29(39)31-21-5-3-4-18(13-21)26(36)19-8-11-22-23(28(38)32-24(22)14-19)15-30-20-9-6-17(7-10-20)27(37)34-40/h3-15,30,40H,1-2H3,(H,31,39)(H,32,38)(H,34,37). The van der Waals surface area contributed by atoms with Crippen molar-refractivity contribution in [3.63, 3.8) is 0 Å². The van der Waals surface area contributed by atoms with Crippen LogP contribution in [0.25, 0.3) is 5.57 Å². The Morgan fingerprint density at radius 3 is 2.33 bits per heavy atom. The van der Waals surface area contributed by atoms with Crippen molar-refractivity contribution in [3.8, 4) is 0 Å². The molecule has 1 aliphatic rings. The summed E-state index contributed by atoms with van der Waals surface area (Å²) >= 11 is 0. The third-order valence-electron chi connectivity index (χ3n) is 6.31. The Morgan fingerprint density at radius 1 is 0.900 bits per heavy atom. The molecule has 0 spiro atoms. The molecule has 1 aliphatic heterocycles. The van der Waals surface area contributed by atoms with Crippen molar-refractivity contribution in [2.24, 2.45) is 7.05 Å². The molecule has 5 N–H and O–H groups in total. The lowest BCUT2D eigenvalue weighted by Crippen LogP contribution is -2.18. The molecule has 3 aromatic carbocycles. The van der Waals surface area contributed by atoms with Gasteiger partial charge in [0.05, 0.1) is 11.3 Å². The van der Waals surface area contributed by atoms with Gasteiger partial charge in [-0.15, -0.1) is 0 Å². The SMILES string of the molecule is Cc1cc(C(=O)Nc2cccc(C(=O)c3ccc4c(c3)NC(=O)C4=CNc3ccc(C(=O)NO)cc3)c2)n(C)n1. The quantitative estimate of drug-likeness (QED) is 0.104. The molecular weight excluding hydrogens is 512 g/mol. The van der Waals surface area contributed by atoms with Crippen LogP contribution in [0.15, 0.2) is 79.0 Å². The largest absolute Gasteiger partial charge is 0.361 e. The number of hydroxylamine groups is 1. The highest BCUT2D eigenvalue weighted by Gasteiger charge is 2.25. The summed E-state index contributed by atoms with van der Waals surface area (Å²) in [5.41, 5.74) is 6.29. The van der Waals surface area contributed by atoms with Crippen LogP contribution < -0.4 is 21.4 Å². The van der Waals surface area contributed by atoms with E-state index in [4.69, 9.17) is 5.21 Å². The lowest BCUT2D eigenvalue weighted by atomic mass is 9.99. The molecule has 2 heterocycles. The topological polar surface area (TPSA) is 154 Å².